The van der Waals surface area contributed by atoms with Crippen molar-refractivity contribution >= 4 is 52.1 Å². The lowest BCUT2D eigenvalue weighted by Gasteiger charge is -2.32. The Kier molecular flexibility index (Phi) is 6.64. The second kappa shape index (κ2) is 9.53. The molecule has 1 aliphatic rings. The molecular weight excluding hydrogens is 505 g/mol. The van der Waals surface area contributed by atoms with E-state index < -0.39 is 0 Å². The van der Waals surface area contributed by atoms with Gasteiger partial charge in [0, 0.05) is 41.4 Å². The molecule has 0 unspecified atom stereocenters. The van der Waals surface area contributed by atoms with E-state index in [0.717, 1.165) is 62.0 Å². The van der Waals surface area contributed by atoms with Gasteiger partial charge in [0.15, 0.2) is 0 Å². The second-order valence-corrected chi connectivity index (χ2v) is 12.3. The molecule has 0 bridgehead atoms. The van der Waals surface area contributed by atoms with E-state index in [1.165, 1.54) is 6.42 Å². The molecule has 1 fully saturated rings. The fourth-order valence-electron chi connectivity index (χ4n) is 3.87. The first-order valence-electron chi connectivity index (χ1n) is 11.2. The summed E-state index contributed by atoms with van der Waals surface area (Å²) >= 11 is 15.9. The van der Waals surface area contributed by atoms with Gasteiger partial charge in [-0.15, -0.1) is 11.8 Å². The van der Waals surface area contributed by atoms with Crippen LogP contribution in [0.5, 0.6) is 0 Å². The van der Waals surface area contributed by atoms with Crippen LogP contribution < -0.4 is 4.90 Å². The Morgan fingerprint density at radius 1 is 1.00 bits per heavy atom. The first-order valence-corrected chi connectivity index (χ1v) is 13.7. The first kappa shape index (κ1) is 23.7. The first-order chi connectivity index (χ1) is 16.3. The van der Waals surface area contributed by atoms with E-state index in [4.69, 9.17) is 38.3 Å². The predicted molar refractivity (Wildman–Crippen MR) is 145 cm³/mol. The quantitative estimate of drug-likeness (QED) is 0.239. The van der Waals surface area contributed by atoms with Crippen LogP contribution >= 0.6 is 46.3 Å². The molecule has 0 N–H and O–H groups in total. The summed E-state index contributed by atoms with van der Waals surface area (Å²) in [6, 6.07) is 9.96. The summed E-state index contributed by atoms with van der Waals surface area (Å²) in [5.74, 6) is 1.04. The summed E-state index contributed by atoms with van der Waals surface area (Å²) in [4.78, 5) is 12.0. The Labute approximate surface area is 218 Å². The summed E-state index contributed by atoms with van der Waals surface area (Å²) in [5, 5.41) is 7.14. The number of benzene rings is 1. The third kappa shape index (κ3) is 4.71. The molecule has 1 aromatic carbocycles. The standard InChI is InChI=1S/C25H25Cl2N5S2/c1-14(2)33-24-23(17-6-7-20(26)21(27)11-17)29-25(34-24)32-13-19(16(4)30-32)18-10-15(3)28-22(12-18)31-8-5-9-31/h6-7,10-14H,5,8-9H2,1-4H3. The van der Waals surface area contributed by atoms with Crippen LogP contribution in [-0.4, -0.2) is 38.1 Å². The highest BCUT2D eigenvalue weighted by Gasteiger charge is 2.21. The van der Waals surface area contributed by atoms with Crippen LogP contribution in [0.2, 0.25) is 10.0 Å². The van der Waals surface area contributed by atoms with Crippen LogP contribution in [0, 0.1) is 13.8 Å². The van der Waals surface area contributed by atoms with Gasteiger partial charge >= 0.3 is 0 Å². The third-order valence-electron chi connectivity index (χ3n) is 5.65. The molecule has 0 atom stereocenters. The van der Waals surface area contributed by atoms with E-state index in [0.29, 0.717) is 15.3 Å². The molecule has 3 aromatic heterocycles. The normalized spacial score (nSPS) is 13.6. The summed E-state index contributed by atoms with van der Waals surface area (Å²) in [6.07, 6.45) is 3.30. The lowest BCUT2D eigenvalue weighted by Crippen LogP contribution is -2.37. The van der Waals surface area contributed by atoms with Gasteiger partial charge in [-0.1, -0.05) is 54.5 Å². The molecular formula is C25H25Cl2N5S2. The third-order valence-corrected chi connectivity index (χ3v) is 8.64. The van der Waals surface area contributed by atoms with E-state index in [1.807, 2.05) is 36.7 Å². The van der Waals surface area contributed by atoms with Crippen LogP contribution in [0.25, 0.3) is 27.5 Å². The molecule has 1 saturated heterocycles. The minimum absolute atomic E-state index is 0.421. The number of rotatable bonds is 6. The molecule has 5 nitrogen and oxygen atoms in total. The zero-order chi connectivity index (χ0) is 24.0. The zero-order valence-electron chi connectivity index (χ0n) is 19.5. The number of hydrogen-bond acceptors (Lipinski definition) is 6. The largest absolute Gasteiger partial charge is 0.356 e. The Bertz CT molecular complexity index is 1360. The number of halogens is 2. The molecule has 0 saturated carbocycles. The monoisotopic (exact) mass is 529 g/mol. The van der Waals surface area contributed by atoms with Crippen molar-refractivity contribution in [1.29, 1.82) is 0 Å². The molecule has 0 aliphatic carbocycles. The number of pyridine rings is 1. The molecule has 4 aromatic rings. The average Bonchev–Trinajstić information content (AvgIpc) is 3.31. The van der Waals surface area contributed by atoms with Gasteiger partial charge < -0.3 is 4.90 Å². The van der Waals surface area contributed by atoms with Gasteiger partial charge in [-0.3, -0.25) is 0 Å². The predicted octanol–water partition coefficient (Wildman–Crippen LogP) is 7.69. The van der Waals surface area contributed by atoms with E-state index in [9.17, 15) is 0 Å². The van der Waals surface area contributed by atoms with Gasteiger partial charge in [0.2, 0.25) is 5.13 Å². The molecule has 0 radical (unpaired) electrons. The van der Waals surface area contributed by atoms with Crippen LogP contribution in [0.4, 0.5) is 5.82 Å². The fourth-order valence-corrected chi connectivity index (χ4v) is 6.61. The van der Waals surface area contributed by atoms with E-state index in [2.05, 4.69) is 37.1 Å². The van der Waals surface area contributed by atoms with Crippen molar-refractivity contribution in [3.8, 4) is 27.5 Å². The van der Waals surface area contributed by atoms with Crippen LogP contribution in [-0.2, 0) is 0 Å². The minimum atomic E-state index is 0.421. The fraction of sp³-hybridized carbons (Fsp3) is 0.320. The van der Waals surface area contributed by atoms with E-state index in [-0.39, 0.29) is 0 Å². The summed E-state index contributed by atoms with van der Waals surface area (Å²) in [6.45, 7) is 10.6. The lowest BCUT2D eigenvalue weighted by molar-refractivity contribution is 0.609. The summed E-state index contributed by atoms with van der Waals surface area (Å²) in [5.41, 5.74) is 6.07. The molecule has 5 rings (SSSR count). The molecule has 176 valence electrons. The highest BCUT2D eigenvalue weighted by molar-refractivity contribution is 8.01. The van der Waals surface area contributed by atoms with Crippen molar-refractivity contribution in [1.82, 2.24) is 19.7 Å². The molecule has 0 spiro atoms. The van der Waals surface area contributed by atoms with Crippen molar-refractivity contribution in [2.24, 2.45) is 0 Å². The Morgan fingerprint density at radius 3 is 2.47 bits per heavy atom. The lowest BCUT2D eigenvalue weighted by atomic mass is 10.1. The SMILES string of the molecule is Cc1cc(-c2cn(-c3nc(-c4ccc(Cl)c(Cl)c4)c(SC(C)C)s3)nc2C)cc(N2CCC2)n1. The maximum Gasteiger partial charge on any atom is 0.211 e. The smallest absolute Gasteiger partial charge is 0.211 e. The Morgan fingerprint density at radius 2 is 1.79 bits per heavy atom. The Hall–Kier alpha value is -2.06. The second-order valence-electron chi connectivity index (χ2n) is 8.70. The van der Waals surface area contributed by atoms with Crippen molar-refractivity contribution in [2.75, 3.05) is 18.0 Å². The number of nitrogens with zero attached hydrogens (tertiary/aromatic N) is 5. The number of thiazole rings is 1. The van der Waals surface area contributed by atoms with Crippen molar-refractivity contribution in [3.63, 3.8) is 0 Å². The van der Waals surface area contributed by atoms with Gasteiger partial charge in [-0.05, 0) is 50.1 Å². The van der Waals surface area contributed by atoms with Gasteiger partial charge in [-0.25, -0.2) is 14.6 Å². The molecule has 4 heterocycles. The van der Waals surface area contributed by atoms with Gasteiger partial charge in [-0.2, -0.15) is 5.10 Å². The average molecular weight is 531 g/mol. The van der Waals surface area contributed by atoms with Gasteiger partial charge in [0.1, 0.15) is 5.82 Å². The molecule has 34 heavy (non-hydrogen) atoms. The summed E-state index contributed by atoms with van der Waals surface area (Å²) in [7, 11) is 0. The van der Waals surface area contributed by atoms with Crippen molar-refractivity contribution < 1.29 is 0 Å². The highest BCUT2D eigenvalue weighted by Crippen LogP contribution is 2.41. The number of thioether (sulfide) groups is 1. The number of anilines is 1. The highest BCUT2D eigenvalue weighted by atomic mass is 35.5. The molecule has 9 heteroatoms. The maximum atomic E-state index is 6.31. The van der Waals surface area contributed by atoms with Crippen LogP contribution in [0.15, 0.2) is 40.7 Å². The topological polar surface area (TPSA) is 46.8 Å². The molecule has 0 amide bonds. The number of aryl methyl sites for hydroxylation is 2. The van der Waals surface area contributed by atoms with Gasteiger partial charge in [0.05, 0.1) is 25.6 Å². The van der Waals surface area contributed by atoms with Crippen molar-refractivity contribution in [2.45, 2.75) is 43.6 Å². The van der Waals surface area contributed by atoms with E-state index in [1.54, 1.807) is 23.1 Å². The maximum absolute atomic E-state index is 6.31. The number of aromatic nitrogens is 4. The van der Waals surface area contributed by atoms with E-state index >= 15 is 0 Å². The minimum Gasteiger partial charge on any atom is -0.356 e. The Balaban J connectivity index is 1.55. The van der Waals surface area contributed by atoms with Crippen LogP contribution in [0.1, 0.15) is 31.7 Å². The number of hydrogen-bond donors (Lipinski definition) is 0. The van der Waals surface area contributed by atoms with Crippen molar-refractivity contribution in [3.05, 3.63) is 58.0 Å². The van der Waals surface area contributed by atoms with Crippen LogP contribution in [0.3, 0.4) is 0 Å². The van der Waals surface area contributed by atoms with Gasteiger partial charge in [0.25, 0.3) is 0 Å². The molecule has 1 aliphatic heterocycles. The summed E-state index contributed by atoms with van der Waals surface area (Å²) < 4.78 is 3.03. The zero-order valence-corrected chi connectivity index (χ0v) is 22.6.